The van der Waals surface area contributed by atoms with Crippen LogP contribution in [0.5, 0.6) is 11.5 Å². The Morgan fingerprint density at radius 2 is 1.67 bits per heavy atom. The van der Waals surface area contributed by atoms with Crippen molar-refractivity contribution in [1.29, 1.82) is 0 Å². The molecule has 94 valence electrons. The van der Waals surface area contributed by atoms with Crippen molar-refractivity contribution in [3.63, 3.8) is 0 Å². The first kappa shape index (κ1) is 12.3. The van der Waals surface area contributed by atoms with Gasteiger partial charge in [-0.05, 0) is 35.7 Å². The van der Waals surface area contributed by atoms with Gasteiger partial charge in [-0.3, -0.25) is 0 Å². The van der Waals surface area contributed by atoms with Crippen LogP contribution in [0.3, 0.4) is 0 Å². The molecule has 0 fully saturated rings. The molecule has 2 aromatic rings. The van der Waals surface area contributed by atoms with Crippen LogP contribution in [0.25, 0.3) is 0 Å². The Hall–Kier alpha value is -2.16. The van der Waals surface area contributed by atoms with Crippen molar-refractivity contribution in [3.05, 3.63) is 53.6 Å². The molecule has 0 aromatic heterocycles. The average molecular weight is 243 g/mol. The predicted molar refractivity (Wildman–Crippen MR) is 73.2 cm³/mol. The summed E-state index contributed by atoms with van der Waals surface area (Å²) >= 11 is 0. The minimum absolute atomic E-state index is 0.738. The molecule has 0 bridgehead atoms. The lowest BCUT2D eigenvalue weighted by Gasteiger charge is -2.10. The van der Waals surface area contributed by atoms with Crippen molar-refractivity contribution in [3.8, 4) is 11.5 Å². The first-order valence-corrected chi connectivity index (χ1v) is 5.79. The molecular formula is C15H17NO2. The van der Waals surface area contributed by atoms with E-state index in [-0.39, 0.29) is 0 Å². The molecule has 2 aromatic carbocycles. The lowest BCUT2D eigenvalue weighted by molar-refractivity contribution is 0.354. The SMILES string of the molecule is COc1ccc(Cc2ccccc2N)cc1OC. The molecule has 0 atom stereocenters. The molecule has 0 amide bonds. The molecule has 2 N–H and O–H groups in total. The minimum Gasteiger partial charge on any atom is -0.493 e. The quantitative estimate of drug-likeness (QED) is 0.840. The highest BCUT2D eigenvalue weighted by Crippen LogP contribution is 2.29. The number of hydrogen-bond acceptors (Lipinski definition) is 3. The van der Waals surface area contributed by atoms with Gasteiger partial charge in [0, 0.05) is 5.69 Å². The maximum atomic E-state index is 5.94. The van der Waals surface area contributed by atoms with Crippen molar-refractivity contribution in [1.82, 2.24) is 0 Å². The van der Waals surface area contributed by atoms with Crippen LogP contribution in [-0.4, -0.2) is 14.2 Å². The Morgan fingerprint density at radius 3 is 2.33 bits per heavy atom. The molecular weight excluding hydrogens is 226 g/mol. The molecule has 2 rings (SSSR count). The summed E-state index contributed by atoms with van der Waals surface area (Å²) in [6.07, 6.45) is 0.785. The second-order valence-corrected chi connectivity index (χ2v) is 4.06. The topological polar surface area (TPSA) is 44.5 Å². The maximum Gasteiger partial charge on any atom is 0.160 e. The molecule has 0 aliphatic carbocycles. The molecule has 0 radical (unpaired) electrons. The summed E-state index contributed by atoms with van der Waals surface area (Å²) in [6, 6.07) is 13.8. The summed E-state index contributed by atoms with van der Waals surface area (Å²) in [7, 11) is 3.27. The Morgan fingerprint density at radius 1 is 0.944 bits per heavy atom. The van der Waals surface area contributed by atoms with Gasteiger partial charge < -0.3 is 15.2 Å². The summed E-state index contributed by atoms with van der Waals surface area (Å²) in [6.45, 7) is 0. The number of para-hydroxylation sites is 1. The molecule has 0 heterocycles. The third kappa shape index (κ3) is 2.56. The van der Waals surface area contributed by atoms with Crippen LogP contribution < -0.4 is 15.2 Å². The third-order valence-electron chi connectivity index (χ3n) is 2.90. The summed E-state index contributed by atoms with van der Waals surface area (Å²) in [5.41, 5.74) is 9.01. The Labute approximate surface area is 107 Å². The van der Waals surface area contributed by atoms with E-state index >= 15 is 0 Å². The van der Waals surface area contributed by atoms with E-state index < -0.39 is 0 Å². The van der Waals surface area contributed by atoms with Gasteiger partial charge in [-0.15, -0.1) is 0 Å². The molecule has 0 spiro atoms. The smallest absolute Gasteiger partial charge is 0.160 e. The fourth-order valence-electron chi connectivity index (χ4n) is 1.91. The number of anilines is 1. The van der Waals surface area contributed by atoms with E-state index in [1.54, 1.807) is 14.2 Å². The standard InChI is InChI=1S/C15H17NO2/c1-17-14-8-7-11(10-15(14)18-2)9-12-5-3-4-6-13(12)16/h3-8,10H,9,16H2,1-2H3. The lowest BCUT2D eigenvalue weighted by Crippen LogP contribution is -1.97. The highest BCUT2D eigenvalue weighted by atomic mass is 16.5. The number of nitrogens with two attached hydrogens (primary N) is 1. The largest absolute Gasteiger partial charge is 0.493 e. The van der Waals surface area contributed by atoms with Crippen molar-refractivity contribution >= 4 is 5.69 Å². The van der Waals surface area contributed by atoms with Gasteiger partial charge in [0.05, 0.1) is 14.2 Å². The van der Waals surface area contributed by atoms with Gasteiger partial charge in [-0.1, -0.05) is 24.3 Å². The van der Waals surface area contributed by atoms with Gasteiger partial charge >= 0.3 is 0 Å². The first-order chi connectivity index (χ1) is 8.74. The molecule has 0 unspecified atom stereocenters. The van der Waals surface area contributed by atoms with Gasteiger partial charge in [0.1, 0.15) is 0 Å². The third-order valence-corrected chi connectivity index (χ3v) is 2.90. The minimum atomic E-state index is 0.738. The van der Waals surface area contributed by atoms with Crippen LogP contribution in [0.4, 0.5) is 5.69 Å². The molecule has 0 aliphatic rings. The van der Waals surface area contributed by atoms with E-state index in [2.05, 4.69) is 0 Å². The number of methoxy groups -OCH3 is 2. The number of rotatable bonds is 4. The number of nitrogen functional groups attached to an aromatic ring is 1. The van der Waals surface area contributed by atoms with Gasteiger partial charge in [-0.25, -0.2) is 0 Å². The number of hydrogen-bond donors (Lipinski definition) is 1. The fraction of sp³-hybridized carbons (Fsp3) is 0.200. The van der Waals surface area contributed by atoms with E-state index in [4.69, 9.17) is 15.2 Å². The van der Waals surface area contributed by atoms with E-state index in [1.165, 1.54) is 0 Å². The van der Waals surface area contributed by atoms with Crippen LogP contribution in [0.1, 0.15) is 11.1 Å². The number of ether oxygens (including phenoxy) is 2. The van der Waals surface area contributed by atoms with Gasteiger partial charge in [0.15, 0.2) is 11.5 Å². The summed E-state index contributed by atoms with van der Waals surface area (Å²) in [5.74, 6) is 1.48. The van der Waals surface area contributed by atoms with Crippen LogP contribution in [0, 0.1) is 0 Å². The molecule has 18 heavy (non-hydrogen) atoms. The second-order valence-electron chi connectivity index (χ2n) is 4.06. The average Bonchev–Trinajstić information content (AvgIpc) is 2.41. The summed E-state index contributed by atoms with van der Waals surface area (Å²) in [5, 5.41) is 0. The molecule has 3 nitrogen and oxygen atoms in total. The Bertz CT molecular complexity index is 538. The van der Waals surface area contributed by atoms with Crippen molar-refractivity contribution in [2.75, 3.05) is 20.0 Å². The highest BCUT2D eigenvalue weighted by molar-refractivity contribution is 5.50. The van der Waals surface area contributed by atoms with Crippen LogP contribution >= 0.6 is 0 Å². The fourth-order valence-corrected chi connectivity index (χ4v) is 1.91. The van der Waals surface area contributed by atoms with Crippen molar-refractivity contribution in [2.45, 2.75) is 6.42 Å². The van der Waals surface area contributed by atoms with Gasteiger partial charge in [0.2, 0.25) is 0 Å². The van der Waals surface area contributed by atoms with Crippen molar-refractivity contribution < 1.29 is 9.47 Å². The summed E-state index contributed by atoms with van der Waals surface area (Å²) < 4.78 is 10.5. The van der Waals surface area contributed by atoms with Gasteiger partial charge in [0.25, 0.3) is 0 Å². The van der Waals surface area contributed by atoms with E-state index in [1.807, 2.05) is 42.5 Å². The lowest BCUT2D eigenvalue weighted by atomic mass is 10.0. The number of benzene rings is 2. The molecule has 0 aliphatic heterocycles. The maximum absolute atomic E-state index is 5.94. The van der Waals surface area contributed by atoms with E-state index in [0.29, 0.717) is 0 Å². The van der Waals surface area contributed by atoms with Gasteiger partial charge in [-0.2, -0.15) is 0 Å². The zero-order chi connectivity index (χ0) is 13.0. The Balaban J connectivity index is 2.27. The van der Waals surface area contributed by atoms with E-state index in [0.717, 1.165) is 34.7 Å². The second kappa shape index (κ2) is 5.45. The van der Waals surface area contributed by atoms with Crippen LogP contribution in [-0.2, 0) is 6.42 Å². The normalized spacial score (nSPS) is 10.1. The van der Waals surface area contributed by atoms with Crippen molar-refractivity contribution in [2.24, 2.45) is 0 Å². The molecule has 3 heteroatoms. The zero-order valence-corrected chi connectivity index (χ0v) is 10.6. The zero-order valence-electron chi connectivity index (χ0n) is 10.6. The monoisotopic (exact) mass is 243 g/mol. The summed E-state index contributed by atoms with van der Waals surface area (Å²) in [4.78, 5) is 0. The Kier molecular flexibility index (Phi) is 3.72. The van der Waals surface area contributed by atoms with Crippen LogP contribution in [0.15, 0.2) is 42.5 Å². The highest BCUT2D eigenvalue weighted by Gasteiger charge is 2.06. The van der Waals surface area contributed by atoms with Crippen LogP contribution in [0.2, 0.25) is 0 Å². The predicted octanol–water partition coefficient (Wildman–Crippen LogP) is 2.88. The van der Waals surface area contributed by atoms with E-state index in [9.17, 15) is 0 Å². The molecule has 0 saturated carbocycles. The first-order valence-electron chi connectivity index (χ1n) is 5.79. The molecule has 0 saturated heterocycles.